The normalized spacial score (nSPS) is 32.6. The first-order valence-electron chi connectivity index (χ1n) is 6.48. The topological polar surface area (TPSA) is 21.3 Å². The van der Waals surface area contributed by atoms with Gasteiger partial charge in [0.05, 0.1) is 5.60 Å². The predicted octanol–water partition coefficient (Wildman–Crippen LogP) is 3.07. The van der Waals surface area contributed by atoms with Gasteiger partial charge >= 0.3 is 0 Å². The molecule has 0 aliphatic carbocycles. The second-order valence-electron chi connectivity index (χ2n) is 5.19. The molecule has 3 unspecified atom stereocenters. The molecule has 0 spiro atoms. The van der Waals surface area contributed by atoms with Crippen LogP contribution in [0, 0.1) is 0 Å². The number of thioether (sulfide) groups is 1. The van der Waals surface area contributed by atoms with Crippen LogP contribution in [-0.4, -0.2) is 36.3 Å². The molecule has 1 aliphatic heterocycles. The van der Waals surface area contributed by atoms with E-state index in [1.165, 1.54) is 18.6 Å². The molecule has 1 rings (SSSR count). The van der Waals surface area contributed by atoms with Crippen molar-refractivity contribution in [2.45, 2.75) is 64.1 Å². The molecule has 0 saturated carbocycles. The van der Waals surface area contributed by atoms with Crippen LogP contribution in [0.3, 0.4) is 0 Å². The van der Waals surface area contributed by atoms with Crippen LogP contribution in [0.15, 0.2) is 0 Å². The van der Waals surface area contributed by atoms with Crippen LogP contribution in [0.25, 0.3) is 0 Å². The molecule has 1 saturated heterocycles. The lowest BCUT2D eigenvalue weighted by Crippen LogP contribution is -2.47. The minimum atomic E-state index is 0.106. The predicted molar refractivity (Wildman–Crippen MR) is 73.3 cm³/mol. The van der Waals surface area contributed by atoms with Crippen LogP contribution in [0.1, 0.15) is 46.5 Å². The van der Waals surface area contributed by atoms with Gasteiger partial charge in [0.1, 0.15) is 0 Å². The van der Waals surface area contributed by atoms with Gasteiger partial charge in [-0.05, 0) is 51.5 Å². The highest BCUT2D eigenvalue weighted by molar-refractivity contribution is 7.98. The summed E-state index contributed by atoms with van der Waals surface area (Å²) in [6.07, 6.45) is 6.88. The van der Waals surface area contributed by atoms with Crippen molar-refractivity contribution in [1.29, 1.82) is 0 Å². The molecule has 1 aliphatic rings. The Balaban J connectivity index is 2.31. The van der Waals surface area contributed by atoms with Crippen molar-refractivity contribution in [2.24, 2.45) is 0 Å². The zero-order valence-corrected chi connectivity index (χ0v) is 12.0. The number of hydrogen-bond acceptors (Lipinski definition) is 3. The molecule has 1 heterocycles. The standard InChI is InChI=1S/C13H27NOS/c1-5-13(3)10-12(6-8-15-13)14-11(2)7-9-16-4/h11-12,14H,5-10H2,1-4H3. The molecule has 0 radical (unpaired) electrons. The quantitative estimate of drug-likeness (QED) is 0.777. The van der Waals surface area contributed by atoms with E-state index in [0.717, 1.165) is 19.4 Å². The Labute approximate surface area is 105 Å². The summed E-state index contributed by atoms with van der Waals surface area (Å²) in [6.45, 7) is 7.68. The molecule has 3 heteroatoms. The maximum absolute atomic E-state index is 5.86. The molecule has 1 N–H and O–H groups in total. The average molecular weight is 245 g/mol. The van der Waals surface area contributed by atoms with Crippen molar-refractivity contribution in [1.82, 2.24) is 5.32 Å². The summed E-state index contributed by atoms with van der Waals surface area (Å²) in [4.78, 5) is 0. The molecule has 0 bridgehead atoms. The maximum atomic E-state index is 5.86. The highest BCUT2D eigenvalue weighted by Gasteiger charge is 2.31. The van der Waals surface area contributed by atoms with Gasteiger partial charge in [0.15, 0.2) is 0 Å². The molecule has 2 nitrogen and oxygen atoms in total. The van der Waals surface area contributed by atoms with Gasteiger partial charge in [-0.3, -0.25) is 0 Å². The molecule has 16 heavy (non-hydrogen) atoms. The van der Waals surface area contributed by atoms with Crippen molar-refractivity contribution in [3.63, 3.8) is 0 Å². The van der Waals surface area contributed by atoms with Crippen molar-refractivity contribution < 1.29 is 4.74 Å². The Morgan fingerprint density at radius 2 is 2.31 bits per heavy atom. The van der Waals surface area contributed by atoms with E-state index in [1.54, 1.807) is 0 Å². The van der Waals surface area contributed by atoms with Crippen LogP contribution in [-0.2, 0) is 4.74 Å². The minimum Gasteiger partial charge on any atom is -0.375 e. The largest absolute Gasteiger partial charge is 0.375 e. The molecule has 96 valence electrons. The third-order valence-corrected chi connectivity index (χ3v) is 4.26. The van der Waals surface area contributed by atoms with E-state index in [0.29, 0.717) is 12.1 Å². The second-order valence-corrected chi connectivity index (χ2v) is 6.18. The SMILES string of the molecule is CCC1(C)CC(NC(C)CCSC)CCO1. The van der Waals surface area contributed by atoms with Crippen LogP contribution in [0.4, 0.5) is 0 Å². The molecule has 0 aromatic carbocycles. The molecule has 3 atom stereocenters. The Morgan fingerprint density at radius 3 is 2.94 bits per heavy atom. The monoisotopic (exact) mass is 245 g/mol. The Bertz CT molecular complexity index is 200. The molecule has 1 fully saturated rings. The Morgan fingerprint density at radius 1 is 1.56 bits per heavy atom. The van der Waals surface area contributed by atoms with Gasteiger partial charge in [-0.25, -0.2) is 0 Å². The third kappa shape index (κ3) is 4.64. The summed E-state index contributed by atoms with van der Waals surface area (Å²) < 4.78 is 5.86. The summed E-state index contributed by atoms with van der Waals surface area (Å²) >= 11 is 1.93. The number of hydrogen-bond donors (Lipinski definition) is 1. The van der Waals surface area contributed by atoms with E-state index in [-0.39, 0.29) is 5.60 Å². The zero-order valence-electron chi connectivity index (χ0n) is 11.2. The Kier molecular flexibility index (Phi) is 6.16. The van der Waals surface area contributed by atoms with Gasteiger partial charge in [0.25, 0.3) is 0 Å². The molecular weight excluding hydrogens is 218 g/mol. The van der Waals surface area contributed by atoms with Gasteiger partial charge < -0.3 is 10.1 Å². The van der Waals surface area contributed by atoms with Crippen molar-refractivity contribution >= 4 is 11.8 Å². The fourth-order valence-corrected chi connectivity index (χ4v) is 2.89. The van der Waals surface area contributed by atoms with Crippen LogP contribution in [0.2, 0.25) is 0 Å². The average Bonchev–Trinajstić information content (AvgIpc) is 2.26. The molecule has 0 aromatic rings. The second kappa shape index (κ2) is 6.87. The van der Waals surface area contributed by atoms with Gasteiger partial charge in [-0.2, -0.15) is 11.8 Å². The van der Waals surface area contributed by atoms with E-state index in [9.17, 15) is 0 Å². The lowest BCUT2D eigenvalue weighted by atomic mass is 9.89. The smallest absolute Gasteiger partial charge is 0.0666 e. The third-order valence-electron chi connectivity index (χ3n) is 3.62. The van der Waals surface area contributed by atoms with Gasteiger partial charge in [-0.1, -0.05) is 6.92 Å². The summed E-state index contributed by atoms with van der Waals surface area (Å²) in [5.41, 5.74) is 0.106. The van der Waals surface area contributed by atoms with E-state index in [1.807, 2.05) is 11.8 Å². The summed E-state index contributed by atoms with van der Waals surface area (Å²) in [7, 11) is 0. The Hall–Kier alpha value is 0.270. The lowest BCUT2D eigenvalue weighted by Gasteiger charge is -2.39. The van der Waals surface area contributed by atoms with Gasteiger partial charge in [0, 0.05) is 18.7 Å². The van der Waals surface area contributed by atoms with E-state index >= 15 is 0 Å². The van der Waals surface area contributed by atoms with E-state index in [4.69, 9.17) is 4.74 Å². The number of ether oxygens (including phenoxy) is 1. The van der Waals surface area contributed by atoms with E-state index in [2.05, 4.69) is 32.3 Å². The first kappa shape index (κ1) is 14.3. The van der Waals surface area contributed by atoms with E-state index < -0.39 is 0 Å². The van der Waals surface area contributed by atoms with Crippen LogP contribution in [0.5, 0.6) is 0 Å². The number of nitrogens with one attached hydrogen (secondary N) is 1. The maximum Gasteiger partial charge on any atom is 0.0666 e. The lowest BCUT2D eigenvalue weighted by molar-refractivity contribution is -0.0789. The molecule has 0 aromatic heterocycles. The van der Waals surface area contributed by atoms with Crippen molar-refractivity contribution in [3.8, 4) is 0 Å². The molecule has 0 amide bonds. The molecular formula is C13H27NOS. The summed E-state index contributed by atoms with van der Waals surface area (Å²) in [5, 5.41) is 3.75. The van der Waals surface area contributed by atoms with Crippen LogP contribution < -0.4 is 5.32 Å². The first-order valence-corrected chi connectivity index (χ1v) is 7.88. The van der Waals surface area contributed by atoms with Gasteiger partial charge in [0.2, 0.25) is 0 Å². The highest BCUT2D eigenvalue weighted by Crippen LogP contribution is 2.28. The minimum absolute atomic E-state index is 0.106. The number of rotatable bonds is 6. The fourth-order valence-electron chi connectivity index (χ4n) is 2.30. The summed E-state index contributed by atoms with van der Waals surface area (Å²) in [5.74, 6) is 1.25. The zero-order chi connectivity index (χ0) is 12.0. The van der Waals surface area contributed by atoms with Crippen molar-refractivity contribution in [3.05, 3.63) is 0 Å². The highest BCUT2D eigenvalue weighted by atomic mass is 32.2. The van der Waals surface area contributed by atoms with Crippen LogP contribution >= 0.6 is 11.8 Å². The fraction of sp³-hybridized carbons (Fsp3) is 1.00. The summed E-state index contributed by atoms with van der Waals surface area (Å²) in [6, 6.07) is 1.28. The first-order chi connectivity index (χ1) is 7.59. The van der Waals surface area contributed by atoms with Crippen molar-refractivity contribution in [2.75, 3.05) is 18.6 Å². The van der Waals surface area contributed by atoms with Gasteiger partial charge in [-0.15, -0.1) is 0 Å².